The van der Waals surface area contributed by atoms with Crippen LogP contribution in [0.25, 0.3) is 5.69 Å². The van der Waals surface area contributed by atoms with Gasteiger partial charge in [0.2, 0.25) is 0 Å². The molecule has 2 rings (SSSR count). The highest BCUT2D eigenvalue weighted by Crippen LogP contribution is 2.14. The van der Waals surface area contributed by atoms with Gasteiger partial charge in [-0.2, -0.15) is 0 Å². The lowest BCUT2D eigenvalue weighted by atomic mass is 10.2. The number of hydrogen-bond donors (Lipinski definition) is 0. The zero-order valence-electron chi connectivity index (χ0n) is 8.27. The lowest BCUT2D eigenvalue weighted by molar-refractivity contribution is 0.101. The van der Waals surface area contributed by atoms with Crippen LogP contribution in [0.3, 0.4) is 0 Å². The summed E-state index contributed by atoms with van der Waals surface area (Å²) in [7, 11) is 0. The monoisotopic (exact) mass is 219 g/mol. The van der Waals surface area contributed by atoms with E-state index in [1.165, 1.54) is 0 Å². The fourth-order valence-corrected chi connectivity index (χ4v) is 1.50. The molecule has 2 nitrogen and oxygen atoms in total. The second-order valence-electron chi connectivity index (χ2n) is 3.34. The van der Waals surface area contributed by atoms with Crippen molar-refractivity contribution >= 4 is 17.4 Å². The second kappa shape index (κ2) is 3.91. The van der Waals surface area contributed by atoms with Gasteiger partial charge in [0.1, 0.15) is 0 Å². The first kappa shape index (κ1) is 9.99. The lowest BCUT2D eigenvalue weighted by Gasteiger charge is -2.01. The Bertz CT molecular complexity index is 485. The highest BCUT2D eigenvalue weighted by Gasteiger charge is 2.02. The van der Waals surface area contributed by atoms with Crippen LogP contribution in [-0.2, 0) is 0 Å². The first-order chi connectivity index (χ1) is 7.16. The van der Waals surface area contributed by atoms with E-state index in [4.69, 9.17) is 11.6 Å². The van der Waals surface area contributed by atoms with Crippen molar-refractivity contribution in [2.24, 2.45) is 0 Å². The first-order valence-electron chi connectivity index (χ1n) is 4.62. The number of benzene rings is 1. The summed E-state index contributed by atoms with van der Waals surface area (Å²) in [5.74, 6) is 0.0720. The number of Topliss-reactive ketones (excluding diaryl/α,β-unsaturated/α-hetero) is 1. The minimum atomic E-state index is 0.0720. The zero-order valence-corrected chi connectivity index (χ0v) is 9.03. The summed E-state index contributed by atoms with van der Waals surface area (Å²) in [6.45, 7) is 1.56. The van der Waals surface area contributed by atoms with Crippen LogP contribution < -0.4 is 0 Å². The highest BCUT2D eigenvalue weighted by molar-refractivity contribution is 6.30. The van der Waals surface area contributed by atoms with Crippen LogP contribution in [0.5, 0.6) is 0 Å². The molecule has 76 valence electrons. The third-order valence-corrected chi connectivity index (χ3v) is 2.48. The molecule has 0 bridgehead atoms. The van der Waals surface area contributed by atoms with E-state index in [0.717, 1.165) is 5.69 Å². The van der Waals surface area contributed by atoms with E-state index in [1.54, 1.807) is 13.0 Å². The van der Waals surface area contributed by atoms with E-state index < -0.39 is 0 Å². The molecule has 0 aliphatic carbocycles. The summed E-state index contributed by atoms with van der Waals surface area (Å²) in [5.41, 5.74) is 1.71. The first-order valence-corrected chi connectivity index (χ1v) is 4.99. The summed E-state index contributed by atoms with van der Waals surface area (Å²) in [6.07, 6.45) is 3.67. The second-order valence-corrected chi connectivity index (χ2v) is 3.78. The van der Waals surface area contributed by atoms with Crippen molar-refractivity contribution in [2.75, 3.05) is 0 Å². The summed E-state index contributed by atoms with van der Waals surface area (Å²) in [4.78, 5) is 11.1. The van der Waals surface area contributed by atoms with Gasteiger partial charge in [-0.1, -0.05) is 11.6 Å². The van der Waals surface area contributed by atoms with Crippen molar-refractivity contribution in [1.29, 1.82) is 0 Å². The summed E-state index contributed by atoms with van der Waals surface area (Å²) < 4.78 is 1.90. The topological polar surface area (TPSA) is 22.0 Å². The molecule has 1 heterocycles. The van der Waals surface area contributed by atoms with Crippen molar-refractivity contribution in [2.45, 2.75) is 6.92 Å². The van der Waals surface area contributed by atoms with E-state index in [1.807, 2.05) is 41.2 Å². The summed E-state index contributed by atoms with van der Waals surface area (Å²) >= 11 is 5.79. The predicted molar refractivity (Wildman–Crippen MR) is 60.8 cm³/mol. The Hall–Kier alpha value is -1.54. The maximum absolute atomic E-state index is 11.1. The van der Waals surface area contributed by atoms with Gasteiger partial charge in [-0.25, -0.2) is 0 Å². The summed E-state index contributed by atoms with van der Waals surface area (Å²) in [5, 5.41) is 0.706. The third kappa shape index (κ3) is 2.10. The minimum absolute atomic E-state index is 0.0720. The maximum atomic E-state index is 11.1. The molecule has 0 aliphatic rings. The highest BCUT2D eigenvalue weighted by atomic mass is 35.5. The van der Waals surface area contributed by atoms with Gasteiger partial charge >= 0.3 is 0 Å². The van der Waals surface area contributed by atoms with Crippen LogP contribution in [0.15, 0.2) is 42.7 Å². The van der Waals surface area contributed by atoms with Crippen molar-refractivity contribution < 1.29 is 4.79 Å². The molecule has 0 unspecified atom stereocenters. The van der Waals surface area contributed by atoms with Gasteiger partial charge in [-0.05, 0) is 37.3 Å². The van der Waals surface area contributed by atoms with Crippen LogP contribution in [0.1, 0.15) is 17.3 Å². The Labute approximate surface area is 93.1 Å². The summed E-state index contributed by atoms with van der Waals surface area (Å²) in [6, 6.07) is 9.27. The molecule has 2 aromatic rings. The smallest absolute Gasteiger partial charge is 0.161 e. The third-order valence-electron chi connectivity index (χ3n) is 2.22. The quantitative estimate of drug-likeness (QED) is 0.711. The van der Waals surface area contributed by atoms with E-state index in [9.17, 15) is 4.79 Å². The molecule has 0 fully saturated rings. The average molecular weight is 220 g/mol. The Morgan fingerprint density at radius 3 is 2.40 bits per heavy atom. The van der Waals surface area contributed by atoms with Gasteiger partial charge in [0, 0.05) is 28.7 Å². The Morgan fingerprint density at radius 1 is 1.20 bits per heavy atom. The van der Waals surface area contributed by atoms with E-state index in [0.29, 0.717) is 10.6 Å². The van der Waals surface area contributed by atoms with Gasteiger partial charge in [0.15, 0.2) is 5.78 Å². The largest absolute Gasteiger partial charge is 0.323 e. The Kier molecular flexibility index (Phi) is 2.60. The standard InChI is InChI=1S/C12H10ClNO/c1-9(15)10-6-7-14(8-10)12-4-2-11(13)3-5-12/h2-8H,1H3. The molecular formula is C12H10ClNO. The van der Waals surface area contributed by atoms with Crippen molar-refractivity contribution in [3.63, 3.8) is 0 Å². The number of hydrogen-bond acceptors (Lipinski definition) is 1. The van der Waals surface area contributed by atoms with E-state index in [-0.39, 0.29) is 5.78 Å². The minimum Gasteiger partial charge on any atom is -0.323 e. The number of halogens is 1. The van der Waals surface area contributed by atoms with Crippen LogP contribution in [0.4, 0.5) is 0 Å². The Balaban J connectivity index is 2.37. The Morgan fingerprint density at radius 2 is 1.87 bits per heavy atom. The molecule has 0 saturated heterocycles. The molecule has 0 saturated carbocycles. The number of aromatic nitrogens is 1. The SMILES string of the molecule is CC(=O)c1ccn(-c2ccc(Cl)cc2)c1. The number of carbonyl (C=O) groups excluding carboxylic acids is 1. The number of carbonyl (C=O) groups is 1. The van der Waals surface area contributed by atoms with Gasteiger partial charge in [0.05, 0.1) is 0 Å². The molecule has 15 heavy (non-hydrogen) atoms. The van der Waals surface area contributed by atoms with E-state index in [2.05, 4.69) is 0 Å². The predicted octanol–water partition coefficient (Wildman–Crippen LogP) is 3.33. The molecule has 0 radical (unpaired) electrons. The normalized spacial score (nSPS) is 10.3. The molecule has 0 atom stereocenters. The van der Waals surface area contributed by atoms with Gasteiger partial charge in [-0.15, -0.1) is 0 Å². The molecular weight excluding hydrogens is 210 g/mol. The average Bonchev–Trinajstić information content (AvgIpc) is 2.68. The number of ketones is 1. The van der Waals surface area contributed by atoms with Crippen LogP contribution in [0, 0.1) is 0 Å². The number of rotatable bonds is 2. The van der Waals surface area contributed by atoms with E-state index >= 15 is 0 Å². The van der Waals surface area contributed by atoms with Gasteiger partial charge < -0.3 is 4.57 Å². The molecule has 1 aromatic heterocycles. The van der Waals surface area contributed by atoms with Gasteiger partial charge in [-0.3, -0.25) is 4.79 Å². The zero-order chi connectivity index (χ0) is 10.8. The molecule has 3 heteroatoms. The maximum Gasteiger partial charge on any atom is 0.161 e. The van der Waals surface area contributed by atoms with Crippen molar-refractivity contribution in [1.82, 2.24) is 4.57 Å². The number of nitrogens with zero attached hydrogens (tertiary/aromatic N) is 1. The molecule has 1 aromatic carbocycles. The van der Waals surface area contributed by atoms with Crippen molar-refractivity contribution in [3.05, 3.63) is 53.3 Å². The van der Waals surface area contributed by atoms with Crippen molar-refractivity contribution in [3.8, 4) is 5.69 Å². The van der Waals surface area contributed by atoms with Crippen LogP contribution in [0.2, 0.25) is 5.02 Å². The molecule has 0 amide bonds. The lowest BCUT2D eigenvalue weighted by Crippen LogP contribution is -1.91. The fourth-order valence-electron chi connectivity index (χ4n) is 1.38. The fraction of sp³-hybridized carbons (Fsp3) is 0.0833. The van der Waals surface area contributed by atoms with Gasteiger partial charge in [0.25, 0.3) is 0 Å². The van der Waals surface area contributed by atoms with Crippen LogP contribution in [-0.4, -0.2) is 10.4 Å². The molecule has 0 N–H and O–H groups in total. The molecule has 0 spiro atoms. The van der Waals surface area contributed by atoms with Crippen LogP contribution >= 0.6 is 11.6 Å². The molecule has 0 aliphatic heterocycles.